The lowest BCUT2D eigenvalue weighted by Gasteiger charge is -2.19. The highest BCUT2D eigenvalue weighted by Crippen LogP contribution is 2.32. The van der Waals surface area contributed by atoms with Crippen molar-refractivity contribution in [1.29, 1.82) is 0 Å². The number of nitrogens with zero attached hydrogens (tertiary/aromatic N) is 1. The number of hydrogen-bond donors (Lipinski definition) is 2. The molecule has 0 aromatic heterocycles. The Balaban J connectivity index is 1.52. The van der Waals surface area contributed by atoms with Gasteiger partial charge in [0.05, 0.1) is 23.6 Å². The predicted molar refractivity (Wildman–Crippen MR) is 128 cm³/mol. The summed E-state index contributed by atoms with van der Waals surface area (Å²) in [6.07, 6.45) is 0.514. The zero-order chi connectivity index (χ0) is 23.8. The lowest BCUT2D eigenvalue weighted by Crippen LogP contribution is -2.34. The number of benzene rings is 2. The molecule has 2 aromatic rings. The average Bonchev–Trinajstić information content (AvgIpc) is 3.23. The number of fused-ring (bicyclic) bond motifs is 1. The molecule has 1 heterocycles. The summed E-state index contributed by atoms with van der Waals surface area (Å²) in [5, 5.41) is 5.34. The van der Waals surface area contributed by atoms with E-state index in [-0.39, 0.29) is 36.1 Å². The van der Waals surface area contributed by atoms with E-state index < -0.39 is 21.9 Å². The molecule has 0 atom stereocenters. The van der Waals surface area contributed by atoms with Crippen molar-refractivity contribution in [2.45, 2.75) is 24.2 Å². The Morgan fingerprint density at radius 1 is 1.06 bits per heavy atom. The number of anilines is 2. The number of hydrogen-bond acceptors (Lipinski definition) is 7. The third-order valence-electron chi connectivity index (χ3n) is 4.90. The van der Waals surface area contributed by atoms with Crippen LogP contribution in [0.1, 0.15) is 18.4 Å². The zero-order valence-corrected chi connectivity index (χ0v) is 19.7. The molecular formula is C22H25N3O6S2. The van der Waals surface area contributed by atoms with Crippen molar-refractivity contribution in [1.82, 2.24) is 5.32 Å². The van der Waals surface area contributed by atoms with E-state index in [4.69, 9.17) is 21.7 Å². The lowest BCUT2D eigenvalue weighted by atomic mass is 10.2. The van der Waals surface area contributed by atoms with Crippen molar-refractivity contribution in [3.05, 3.63) is 54.1 Å². The number of thiocarbonyl (C=S) groups is 1. The number of ether oxygens (including phenoxy) is 2. The average molecular weight is 492 g/mol. The first kappa shape index (κ1) is 24.6. The van der Waals surface area contributed by atoms with Gasteiger partial charge in [0, 0.05) is 25.8 Å². The molecule has 0 aliphatic carbocycles. The molecule has 2 aromatic carbocycles. The molecule has 0 unspecified atom stereocenters. The first-order chi connectivity index (χ1) is 15.8. The van der Waals surface area contributed by atoms with Crippen LogP contribution in [-0.4, -0.2) is 52.3 Å². The van der Waals surface area contributed by atoms with E-state index in [9.17, 15) is 18.0 Å². The van der Waals surface area contributed by atoms with Crippen molar-refractivity contribution >= 4 is 50.6 Å². The van der Waals surface area contributed by atoms with Gasteiger partial charge in [0.1, 0.15) is 6.61 Å². The Morgan fingerprint density at radius 3 is 2.52 bits per heavy atom. The van der Waals surface area contributed by atoms with Crippen LogP contribution in [-0.2, 0) is 35.5 Å². The smallest absolute Gasteiger partial charge is 0.306 e. The minimum atomic E-state index is -3.69. The molecule has 0 bridgehead atoms. The molecule has 9 nitrogen and oxygen atoms in total. The van der Waals surface area contributed by atoms with E-state index >= 15 is 0 Å². The third-order valence-corrected chi connectivity index (χ3v) is 6.94. The van der Waals surface area contributed by atoms with Crippen molar-refractivity contribution < 1.29 is 27.5 Å². The summed E-state index contributed by atoms with van der Waals surface area (Å²) in [7, 11) is -2.19. The lowest BCUT2D eigenvalue weighted by molar-refractivity contribution is -0.146. The standard InChI is InChI=1S/C22H25N3O6S2/c1-30-14-15-31-21(27)11-10-20(26)24-22(32)23-17-6-8-18(9-7-17)33(28,29)25-13-12-16-4-2-3-5-19(16)25/h2-9H,10-15H2,1H3,(H2,23,24,26,32). The van der Waals surface area contributed by atoms with Gasteiger partial charge in [-0.3, -0.25) is 13.9 Å². The molecule has 0 saturated heterocycles. The second-order valence-corrected chi connectivity index (χ2v) is 9.47. The summed E-state index contributed by atoms with van der Waals surface area (Å²) >= 11 is 5.11. The van der Waals surface area contributed by atoms with Crippen LogP contribution in [0.25, 0.3) is 0 Å². The van der Waals surface area contributed by atoms with Crippen molar-refractivity contribution in [3.63, 3.8) is 0 Å². The maximum Gasteiger partial charge on any atom is 0.306 e. The number of nitrogens with one attached hydrogen (secondary N) is 2. The molecule has 0 radical (unpaired) electrons. The molecule has 176 valence electrons. The van der Waals surface area contributed by atoms with Gasteiger partial charge in [-0.15, -0.1) is 0 Å². The SMILES string of the molecule is COCCOC(=O)CCC(=O)NC(=S)Nc1ccc(S(=O)(=O)N2CCc3ccccc32)cc1. The van der Waals surface area contributed by atoms with Crippen molar-refractivity contribution in [2.75, 3.05) is 36.5 Å². The van der Waals surface area contributed by atoms with Crippen LogP contribution in [0.2, 0.25) is 0 Å². The number of amides is 1. The van der Waals surface area contributed by atoms with Gasteiger partial charge in [0.25, 0.3) is 10.0 Å². The van der Waals surface area contributed by atoms with Gasteiger partial charge in [0.15, 0.2) is 5.11 Å². The van der Waals surface area contributed by atoms with Crippen LogP contribution in [0.4, 0.5) is 11.4 Å². The van der Waals surface area contributed by atoms with Crippen LogP contribution < -0.4 is 14.9 Å². The van der Waals surface area contributed by atoms with Crippen LogP contribution in [0.15, 0.2) is 53.4 Å². The molecule has 1 aliphatic heterocycles. The maximum atomic E-state index is 13.1. The zero-order valence-electron chi connectivity index (χ0n) is 18.1. The van der Waals surface area contributed by atoms with Crippen molar-refractivity contribution in [2.24, 2.45) is 0 Å². The van der Waals surface area contributed by atoms with E-state index in [0.29, 0.717) is 24.3 Å². The monoisotopic (exact) mass is 491 g/mol. The maximum absolute atomic E-state index is 13.1. The summed E-state index contributed by atoms with van der Waals surface area (Å²) in [4.78, 5) is 23.6. The van der Waals surface area contributed by atoms with Crippen LogP contribution in [0.5, 0.6) is 0 Å². The molecule has 3 rings (SSSR count). The summed E-state index contributed by atoms with van der Waals surface area (Å²) in [6.45, 7) is 0.821. The van der Waals surface area contributed by atoms with Gasteiger partial charge < -0.3 is 20.1 Å². The Bertz CT molecular complexity index is 1120. The van der Waals surface area contributed by atoms with E-state index in [0.717, 1.165) is 5.56 Å². The predicted octanol–water partition coefficient (Wildman–Crippen LogP) is 2.22. The summed E-state index contributed by atoms with van der Waals surface area (Å²) in [5.41, 5.74) is 2.22. The fraction of sp³-hybridized carbons (Fsp3) is 0.318. The normalized spacial score (nSPS) is 12.7. The van der Waals surface area contributed by atoms with Gasteiger partial charge in [-0.05, 0) is 54.5 Å². The summed E-state index contributed by atoms with van der Waals surface area (Å²) in [5.74, 6) is -0.943. The summed E-state index contributed by atoms with van der Waals surface area (Å²) < 4.78 is 37.2. The number of sulfonamides is 1. The van der Waals surface area contributed by atoms with E-state index in [1.54, 1.807) is 18.2 Å². The molecule has 0 spiro atoms. The first-order valence-electron chi connectivity index (χ1n) is 10.3. The fourth-order valence-electron chi connectivity index (χ4n) is 3.27. The van der Waals surface area contributed by atoms with E-state index in [2.05, 4.69) is 10.6 Å². The molecule has 1 aliphatic rings. The number of carbonyl (C=O) groups is 2. The quantitative estimate of drug-likeness (QED) is 0.312. The molecule has 0 saturated carbocycles. The Morgan fingerprint density at radius 2 is 1.79 bits per heavy atom. The van der Waals surface area contributed by atoms with Crippen LogP contribution in [0.3, 0.4) is 0 Å². The number of para-hydroxylation sites is 1. The van der Waals surface area contributed by atoms with Crippen LogP contribution >= 0.6 is 12.2 Å². The first-order valence-corrected chi connectivity index (χ1v) is 12.1. The van der Waals surface area contributed by atoms with Gasteiger partial charge in [-0.2, -0.15) is 0 Å². The number of methoxy groups -OCH3 is 1. The Hall–Kier alpha value is -3.02. The highest BCUT2D eigenvalue weighted by atomic mass is 32.2. The number of esters is 1. The molecule has 11 heteroatoms. The second-order valence-electron chi connectivity index (χ2n) is 7.20. The van der Waals surface area contributed by atoms with Gasteiger partial charge in [0.2, 0.25) is 5.91 Å². The highest BCUT2D eigenvalue weighted by molar-refractivity contribution is 7.92. The Kier molecular flexibility index (Phi) is 8.37. The minimum Gasteiger partial charge on any atom is -0.463 e. The topological polar surface area (TPSA) is 114 Å². The second kappa shape index (κ2) is 11.2. The fourth-order valence-corrected chi connectivity index (χ4v) is 5.01. The number of rotatable bonds is 9. The molecule has 0 fully saturated rings. The van der Waals surface area contributed by atoms with Gasteiger partial charge in [-0.1, -0.05) is 18.2 Å². The van der Waals surface area contributed by atoms with Gasteiger partial charge >= 0.3 is 5.97 Å². The minimum absolute atomic E-state index is 0.0387. The largest absolute Gasteiger partial charge is 0.463 e. The molecule has 33 heavy (non-hydrogen) atoms. The third kappa shape index (κ3) is 6.50. The van der Waals surface area contributed by atoms with Crippen LogP contribution in [0, 0.1) is 0 Å². The molecule has 1 amide bonds. The molecule has 2 N–H and O–H groups in total. The Labute approximate surface area is 198 Å². The summed E-state index contributed by atoms with van der Waals surface area (Å²) in [6, 6.07) is 13.6. The van der Waals surface area contributed by atoms with E-state index in [1.807, 2.05) is 18.2 Å². The highest BCUT2D eigenvalue weighted by Gasteiger charge is 2.30. The van der Waals surface area contributed by atoms with E-state index in [1.165, 1.54) is 23.5 Å². The molecular weight excluding hydrogens is 466 g/mol. The van der Waals surface area contributed by atoms with Crippen molar-refractivity contribution in [3.8, 4) is 0 Å². The number of carbonyl (C=O) groups excluding carboxylic acids is 2. The van der Waals surface area contributed by atoms with Gasteiger partial charge in [-0.25, -0.2) is 8.42 Å².